The lowest BCUT2D eigenvalue weighted by atomic mass is 9.68. The Hall–Kier alpha value is -1.33. The van der Waals surface area contributed by atoms with Crippen LogP contribution in [0.25, 0.3) is 0 Å². The number of hydrogen-bond donors (Lipinski definition) is 0. The molecule has 1 nitrogen and oxygen atoms in total. The van der Waals surface area contributed by atoms with Crippen LogP contribution in [-0.2, 0) is 0 Å². The monoisotopic (exact) mass is 404 g/mol. The normalized spacial score (nSPS) is 28.9. The molecule has 0 amide bonds. The van der Waals surface area contributed by atoms with Gasteiger partial charge in [0.2, 0.25) is 5.82 Å². The molecule has 0 spiro atoms. The fourth-order valence-corrected chi connectivity index (χ4v) is 5.32. The molecule has 2 saturated carbocycles. The zero-order valence-corrected chi connectivity index (χ0v) is 16.3. The predicted octanol–water partition coefficient (Wildman–Crippen LogP) is 7.74. The summed E-state index contributed by atoms with van der Waals surface area (Å²) in [5.41, 5.74) is 0.178. The van der Waals surface area contributed by atoms with Gasteiger partial charge < -0.3 is 4.74 Å². The Morgan fingerprint density at radius 3 is 1.96 bits per heavy atom. The lowest BCUT2D eigenvalue weighted by Crippen LogP contribution is -2.25. The number of alkyl halides is 3. The fourth-order valence-electron chi connectivity index (χ4n) is 5.32. The van der Waals surface area contributed by atoms with E-state index in [0.29, 0.717) is 5.92 Å². The lowest BCUT2D eigenvalue weighted by Gasteiger charge is -2.38. The average Bonchev–Trinajstić information content (AvgIpc) is 2.66. The molecule has 1 aromatic carbocycles. The molecule has 2 aliphatic carbocycles. The first-order valence-electron chi connectivity index (χ1n) is 10.5. The molecule has 0 unspecified atom stereocenters. The van der Waals surface area contributed by atoms with Crippen molar-refractivity contribution in [1.29, 1.82) is 0 Å². The SMILES string of the molecule is CCC[C@H]1CC[C@H]([C@H]2CC[C@H](c3ccc(OC(F)(F)F)c(F)c3F)CC2)CC1. The number of hydrogen-bond acceptors (Lipinski definition) is 1. The van der Waals surface area contributed by atoms with Crippen LogP contribution < -0.4 is 4.74 Å². The minimum atomic E-state index is -5.04. The smallest absolute Gasteiger partial charge is 0.403 e. The fraction of sp³-hybridized carbons (Fsp3) is 0.727. The van der Waals surface area contributed by atoms with Crippen LogP contribution in [0.2, 0.25) is 0 Å². The molecule has 3 rings (SSSR count). The summed E-state index contributed by atoms with van der Waals surface area (Å²) >= 11 is 0. The van der Waals surface area contributed by atoms with Crippen molar-refractivity contribution in [3.05, 3.63) is 29.3 Å². The molecule has 2 aliphatic rings. The molecular weight excluding hydrogens is 375 g/mol. The molecule has 0 aromatic heterocycles. The van der Waals surface area contributed by atoms with E-state index in [4.69, 9.17) is 0 Å². The molecule has 0 heterocycles. The van der Waals surface area contributed by atoms with Crippen LogP contribution >= 0.6 is 0 Å². The van der Waals surface area contributed by atoms with Gasteiger partial charge in [0.15, 0.2) is 11.6 Å². The van der Waals surface area contributed by atoms with Gasteiger partial charge in [-0.2, -0.15) is 4.39 Å². The molecule has 1 aromatic rings. The van der Waals surface area contributed by atoms with Gasteiger partial charge in [-0.1, -0.05) is 38.7 Å². The van der Waals surface area contributed by atoms with E-state index in [-0.39, 0.29) is 11.5 Å². The van der Waals surface area contributed by atoms with Crippen LogP contribution in [0, 0.1) is 29.4 Å². The van der Waals surface area contributed by atoms with Crippen molar-refractivity contribution in [2.24, 2.45) is 17.8 Å². The molecule has 0 saturated heterocycles. The third kappa shape index (κ3) is 5.18. The molecule has 2 fully saturated rings. The summed E-state index contributed by atoms with van der Waals surface area (Å²) in [7, 11) is 0. The lowest BCUT2D eigenvalue weighted by molar-refractivity contribution is -0.275. The second-order valence-corrected chi connectivity index (χ2v) is 8.51. The van der Waals surface area contributed by atoms with Crippen LogP contribution in [0.15, 0.2) is 12.1 Å². The minimum Gasteiger partial charge on any atom is -0.403 e. The van der Waals surface area contributed by atoms with Crippen molar-refractivity contribution in [2.45, 2.75) is 83.4 Å². The maximum Gasteiger partial charge on any atom is 0.573 e. The van der Waals surface area contributed by atoms with E-state index in [1.54, 1.807) is 0 Å². The van der Waals surface area contributed by atoms with Crippen molar-refractivity contribution in [3.63, 3.8) is 0 Å². The second kappa shape index (κ2) is 9.00. The summed E-state index contributed by atoms with van der Waals surface area (Å²) in [5, 5.41) is 0. The van der Waals surface area contributed by atoms with Gasteiger partial charge in [-0.05, 0) is 73.8 Å². The molecule has 0 aliphatic heterocycles. The molecule has 158 valence electrons. The van der Waals surface area contributed by atoms with Gasteiger partial charge in [0, 0.05) is 0 Å². The summed E-state index contributed by atoms with van der Waals surface area (Å²) in [4.78, 5) is 0. The molecule has 0 radical (unpaired) electrons. The van der Waals surface area contributed by atoms with Crippen molar-refractivity contribution in [3.8, 4) is 5.75 Å². The maximum absolute atomic E-state index is 14.4. The van der Waals surface area contributed by atoms with Crippen LogP contribution in [0.5, 0.6) is 5.75 Å². The summed E-state index contributed by atoms with van der Waals surface area (Å²) in [6.45, 7) is 2.23. The molecule has 6 heteroatoms. The minimum absolute atomic E-state index is 0.137. The molecule has 0 atom stereocenters. The average molecular weight is 404 g/mol. The Balaban J connectivity index is 1.57. The Labute approximate surface area is 163 Å². The van der Waals surface area contributed by atoms with Gasteiger partial charge >= 0.3 is 6.36 Å². The van der Waals surface area contributed by atoms with Crippen LogP contribution in [0.1, 0.15) is 82.6 Å². The highest BCUT2D eigenvalue weighted by molar-refractivity contribution is 5.33. The van der Waals surface area contributed by atoms with E-state index < -0.39 is 23.7 Å². The van der Waals surface area contributed by atoms with Gasteiger partial charge in [0.25, 0.3) is 0 Å². The van der Waals surface area contributed by atoms with Crippen molar-refractivity contribution in [2.75, 3.05) is 0 Å². The predicted molar refractivity (Wildman–Crippen MR) is 98.1 cm³/mol. The van der Waals surface area contributed by atoms with E-state index in [9.17, 15) is 22.0 Å². The highest BCUT2D eigenvalue weighted by atomic mass is 19.4. The van der Waals surface area contributed by atoms with Crippen LogP contribution in [0.4, 0.5) is 22.0 Å². The largest absolute Gasteiger partial charge is 0.573 e. The number of rotatable bonds is 5. The first-order chi connectivity index (χ1) is 13.3. The van der Waals surface area contributed by atoms with Gasteiger partial charge in [-0.25, -0.2) is 4.39 Å². The first kappa shape index (κ1) is 21.4. The first-order valence-corrected chi connectivity index (χ1v) is 10.5. The summed E-state index contributed by atoms with van der Waals surface area (Å²) in [6.07, 6.45) is 6.16. The van der Waals surface area contributed by atoms with Crippen LogP contribution in [-0.4, -0.2) is 6.36 Å². The van der Waals surface area contributed by atoms with Crippen molar-refractivity contribution >= 4 is 0 Å². The third-order valence-corrected chi connectivity index (χ3v) is 6.77. The molecular formula is C22H29F5O. The highest BCUT2D eigenvalue weighted by Gasteiger charge is 2.35. The van der Waals surface area contributed by atoms with Gasteiger partial charge in [-0.3, -0.25) is 0 Å². The maximum atomic E-state index is 14.4. The van der Waals surface area contributed by atoms with Crippen LogP contribution in [0.3, 0.4) is 0 Å². The Bertz CT molecular complexity index is 641. The second-order valence-electron chi connectivity index (χ2n) is 8.51. The van der Waals surface area contributed by atoms with E-state index in [1.807, 2.05) is 0 Å². The van der Waals surface area contributed by atoms with E-state index in [1.165, 1.54) is 44.6 Å². The van der Waals surface area contributed by atoms with Gasteiger partial charge in [0.1, 0.15) is 0 Å². The Morgan fingerprint density at radius 1 is 0.857 bits per heavy atom. The highest BCUT2D eigenvalue weighted by Crippen LogP contribution is 2.45. The quantitative estimate of drug-likeness (QED) is 0.456. The van der Waals surface area contributed by atoms with E-state index >= 15 is 0 Å². The molecule has 28 heavy (non-hydrogen) atoms. The summed E-state index contributed by atoms with van der Waals surface area (Å²) in [6, 6.07) is 2.14. The number of halogens is 5. The Kier molecular flexibility index (Phi) is 6.87. The van der Waals surface area contributed by atoms with Gasteiger partial charge in [-0.15, -0.1) is 13.2 Å². The topological polar surface area (TPSA) is 9.23 Å². The zero-order valence-electron chi connectivity index (χ0n) is 16.3. The van der Waals surface area contributed by atoms with Crippen molar-refractivity contribution < 1.29 is 26.7 Å². The van der Waals surface area contributed by atoms with Gasteiger partial charge in [0.05, 0.1) is 0 Å². The third-order valence-electron chi connectivity index (χ3n) is 6.77. The molecule has 0 bridgehead atoms. The number of ether oxygens (including phenoxy) is 1. The summed E-state index contributed by atoms with van der Waals surface area (Å²) < 4.78 is 68.8. The van der Waals surface area contributed by atoms with E-state index in [0.717, 1.165) is 43.6 Å². The van der Waals surface area contributed by atoms with E-state index in [2.05, 4.69) is 11.7 Å². The Morgan fingerprint density at radius 2 is 1.43 bits per heavy atom. The van der Waals surface area contributed by atoms with Crippen molar-refractivity contribution in [1.82, 2.24) is 0 Å². The molecule has 0 N–H and O–H groups in total. The summed E-state index contributed by atoms with van der Waals surface area (Å²) in [5.74, 6) is -1.75. The zero-order chi connectivity index (χ0) is 20.3. The standard InChI is InChI=1S/C22H29F5O/c1-2-3-14-4-6-15(7-5-14)16-8-10-17(11-9-16)18-12-13-19(21(24)20(18)23)28-22(25,26)27/h12-17H,2-11H2,1H3/t14-,15-,16-,17-. The number of benzene rings is 1.